The highest BCUT2D eigenvalue weighted by Gasteiger charge is 2.52. The number of carbonyl (C=O) groups excluding carboxylic acids is 1. The minimum absolute atomic E-state index is 0.0471. The third-order valence-electron chi connectivity index (χ3n) is 8.11. The number of allylic oxidation sites excluding steroid dienone is 3. The molecule has 2 fully saturated rings. The van der Waals surface area contributed by atoms with E-state index in [1.807, 2.05) is 12.1 Å². The lowest BCUT2D eigenvalue weighted by atomic mass is 9.60. The first kappa shape index (κ1) is 26.2. The number of fused-ring (bicyclic) bond motifs is 1. The van der Waals surface area contributed by atoms with Gasteiger partial charge in [-0.25, -0.2) is 22.8 Å². The predicted molar refractivity (Wildman–Crippen MR) is 147 cm³/mol. The summed E-state index contributed by atoms with van der Waals surface area (Å²) in [6, 6.07) is 9.47. The van der Waals surface area contributed by atoms with Gasteiger partial charge in [-0.15, -0.1) is 5.10 Å². The molecule has 0 bridgehead atoms. The van der Waals surface area contributed by atoms with Crippen molar-refractivity contribution in [2.24, 2.45) is 23.2 Å². The molecule has 1 aromatic carbocycles. The smallest absolute Gasteiger partial charge is 0.267 e. The molecule has 206 valence electrons. The molecule has 0 radical (unpaired) electrons. The molecule has 0 aliphatic heterocycles. The number of aromatic nitrogens is 4. The summed E-state index contributed by atoms with van der Waals surface area (Å²) in [5.74, 6) is -0.116. The summed E-state index contributed by atoms with van der Waals surface area (Å²) in [5.41, 5.74) is 8.79. The minimum atomic E-state index is -3.91. The van der Waals surface area contributed by atoms with E-state index in [0.717, 1.165) is 24.0 Å². The normalized spacial score (nSPS) is 25.1. The molecule has 0 amide bonds. The maximum absolute atomic E-state index is 14.3. The molecule has 40 heavy (non-hydrogen) atoms. The van der Waals surface area contributed by atoms with Crippen LogP contribution in [0.25, 0.3) is 0 Å². The highest BCUT2D eigenvalue weighted by Crippen LogP contribution is 2.52. The third-order valence-corrected chi connectivity index (χ3v) is 10.1. The number of hydrogen-bond acceptors (Lipinski definition) is 8. The van der Waals surface area contributed by atoms with Crippen molar-refractivity contribution in [3.8, 4) is 0 Å². The first-order valence-corrected chi connectivity index (χ1v) is 14.8. The lowest BCUT2D eigenvalue weighted by Gasteiger charge is -2.44. The Labute approximate surface area is 231 Å². The van der Waals surface area contributed by atoms with Gasteiger partial charge in [0.05, 0.1) is 22.1 Å². The fraction of sp³-hybridized carbons (Fsp3) is 0.345. The van der Waals surface area contributed by atoms with Crippen LogP contribution in [0.1, 0.15) is 60.5 Å². The topological polar surface area (TPSA) is 133 Å². The summed E-state index contributed by atoms with van der Waals surface area (Å²) >= 11 is 0. The molecule has 3 aliphatic rings. The summed E-state index contributed by atoms with van der Waals surface area (Å²) in [5, 5.41) is 2.94. The Bertz CT molecular complexity index is 1670. The van der Waals surface area contributed by atoms with Gasteiger partial charge in [-0.3, -0.25) is 14.5 Å². The molecule has 3 aliphatic carbocycles. The molecule has 0 unspecified atom stereocenters. The molecule has 9 nitrogen and oxygen atoms in total. The van der Waals surface area contributed by atoms with Crippen LogP contribution in [0.3, 0.4) is 0 Å². The van der Waals surface area contributed by atoms with Gasteiger partial charge in [-0.1, -0.05) is 11.6 Å². The number of nitrogens with two attached hydrogens (primary N) is 1. The van der Waals surface area contributed by atoms with E-state index in [2.05, 4.69) is 20.1 Å². The van der Waals surface area contributed by atoms with E-state index >= 15 is 0 Å². The van der Waals surface area contributed by atoms with Crippen LogP contribution in [-0.2, 0) is 16.9 Å². The second-order valence-corrected chi connectivity index (χ2v) is 12.9. The number of nitrogens with zero attached hydrogens (tertiary/aromatic N) is 5. The van der Waals surface area contributed by atoms with Crippen LogP contribution in [0.15, 0.2) is 82.5 Å². The van der Waals surface area contributed by atoms with Crippen molar-refractivity contribution < 1.29 is 17.6 Å². The number of ketones is 1. The van der Waals surface area contributed by atoms with E-state index in [1.165, 1.54) is 29.3 Å². The molecular formula is C29H29FN6O3S. The number of hydrogen-bond donors (Lipinski definition) is 1. The van der Waals surface area contributed by atoms with Gasteiger partial charge in [0.2, 0.25) is 9.84 Å². The lowest BCUT2D eigenvalue weighted by molar-refractivity contribution is 0.0797. The lowest BCUT2D eigenvalue weighted by Crippen LogP contribution is -2.46. The molecule has 6 rings (SSSR count). The molecular weight excluding hydrogens is 531 g/mol. The second-order valence-electron chi connectivity index (χ2n) is 10.8. The van der Waals surface area contributed by atoms with E-state index in [1.54, 1.807) is 31.4 Å². The number of carbonyl (C=O) groups is 1. The quantitative estimate of drug-likeness (QED) is 0.443. The van der Waals surface area contributed by atoms with Crippen molar-refractivity contribution in [1.82, 2.24) is 19.7 Å². The number of pyridine rings is 1. The number of aliphatic imine (C=N–C) groups is 1. The highest BCUT2D eigenvalue weighted by atomic mass is 32.2. The number of Topliss-reactive ketones (excluding diaryl/α,β-unsaturated/α-hetero) is 1. The fourth-order valence-electron chi connectivity index (χ4n) is 5.78. The van der Waals surface area contributed by atoms with E-state index in [9.17, 15) is 17.6 Å². The van der Waals surface area contributed by atoms with Crippen LogP contribution < -0.4 is 5.73 Å². The number of rotatable bonds is 6. The van der Waals surface area contributed by atoms with E-state index in [-0.39, 0.29) is 29.6 Å². The van der Waals surface area contributed by atoms with Crippen molar-refractivity contribution in [2.45, 2.75) is 54.8 Å². The molecule has 0 spiro atoms. The molecule has 3 aromatic rings. The Kier molecular flexibility index (Phi) is 6.48. The van der Waals surface area contributed by atoms with Crippen LogP contribution in [0.4, 0.5) is 10.1 Å². The molecule has 2 N–H and O–H groups in total. The Morgan fingerprint density at radius 1 is 1.15 bits per heavy atom. The number of benzene rings is 1. The van der Waals surface area contributed by atoms with Gasteiger partial charge in [0, 0.05) is 13.2 Å². The SMILES string of the molecule is Cn1cnc(S(=O)(=O)[C@H]2CCC3=CC(=Nc4ccc(F)cc4)/C(=C\N)C[C@]3(C(=O)c3ccc(C4CC4)cn3)C2)n1. The Hall–Kier alpha value is -3.99. The zero-order valence-electron chi connectivity index (χ0n) is 22.0. The van der Waals surface area contributed by atoms with Gasteiger partial charge in [0.15, 0.2) is 5.78 Å². The van der Waals surface area contributed by atoms with Gasteiger partial charge in [0.1, 0.15) is 17.8 Å². The summed E-state index contributed by atoms with van der Waals surface area (Å²) in [6.45, 7) is 0. The number of halogens is 1. The van der Waals surface area contributed by atoms with Crippen molar-refractivity contribution in [3.05, 3.63) is 89.4 Å². The van der Waals surface area contributed by atoms with Gasteiger partial charge in [-0.2, -0.15) is 0 Å². The maximum atomic E-state index is 14.3. The largest absolute Gasteiger partial charge is 0.404 e. The first-order valence-electron chi connectivity index (χ1n) is 13.3. The van der Waals surface area contributed by atoms with E-state index in [0.29, 0.717) is 41.4 Å². The summed E-state index contributed by atoms with van der Waals surface area (Å²) in [7, 11) is -2.30. The monoisotopic (exact) mass is 560 g/mol. The standard InChI is InChI=1S/C29H29FN6O3S/c1-36-17-33-28(35-36)40(38,39)24-10-5-21-12-26(34-23-8-6-22(30)7-9-23)20(15-31)13-29(21,14-24)27(37)25-11-4-19(16-32-25)18-2-3-18/h4,6-9,11-12,15-18,24H,2-3,5,10,13-14,31H2,1H3/b20-15-,34-26?/t24-,29-/m0/s1. The van der Waals surface area contributed by atoms with Gasteiger partial charge < -0.3 is 5.73 Å². The van der Waals surface area contributed by atoms with E-state index in [4.69, 9.17) is 5.73 Å². The Balaban J connectivity index is 1.43. The average Bonchev–Trinajstić information content (AvgIpc) is 3.72. The van der Waals surface area contributed by atoms with Crippen molar-refractivity contribution in [2.75, 3.05) is 0 Å². The van der Waals surface area contributed by atoms with Crippen LogP contribution >= 0.6 is 0 Å². The summed E-state index contributed by atoms with van der Waals surface area (Å²) < 4.78 is 42.0. The molecule has 2 aromatic heterocycles. The maximum Gasteiger partial charge on any atom is 0.267 e. The van der Waals surface area contributed by atoms with Crippen LogP contribution in [-0.4, -0.2) is 44.9 Å². The second kappa shape index (κ2) is 9.88. The minimum Gasteiger partial charge on any atom is -0.404 e. The molecule has 11 heteroatoms. The van der Waals surface area contributed by atoms with Crippen LogP contribution in [0.5, 0.6) is 0 Å². The Morgan fingerprint density at radius 3 is 2.55 bits per heavy atom. The Morgan fingerprint density at radius 2 is 1.93 bits per heavy atom. The van der Waals surface area contributed by atoms with Gasteiger partial charge in [0.25, 0.3) is 5.16 Å². The average molecular weight is 561 g/mol. The van der Waals surface area contributed by atoms with Crippen LogP contribution in [0, 0.1) is 11.2 Å². The third kappa shape index (κ3) is 4.68. The molecule has 2 atom stereocenters. The first-order chi connectivity index (χ1) is 19.2. The highest BCUT2D eigenvalue weighted by molar-refractivity contribution is 7.91. The van der Waals surface area contributed by atoms with E-state index < -0.39 is 20.5 Å². The predicted octanol–water partition coefficient (Wildman–Crippen LogP) is 4.37. The van der Waals surface area contributed by atoms with Crippen molar-refractivity contribution in [1.29, 1.82) is 0 Å². The molecule has 0 saturated heterocycles. The zero-order valence-corrected chi connectivity index (χ0v) is 22.8. The van der Waals surface area contributed by atoms with Crippen LogP contribution in [0.2, 0.25) is 0 Å². The van der Waals surface area contributed by atoms with Crippen molar-refractivity contribution in [3.63, 3.8) is 0 Å². The van der Waals surface area contributed by atoms with Gasteiger partial charge >= 0.3 is 0 Å². The zero-order chi connectivity index (χ0) is 28.1. The fourth-order valence-corrected chi connectivity index (χ4v) is 7.44. The number of aryl methyl sites for hydroxylation is 1. The molecule has 2 heterocycles. The molecule has 2 saturated carbocycles. The number of sulfone groups is 1. The van der Waals surface area contributed by atoms with Gasteiger partial charge in [-0.05, 0) is 98.2 Å². The summed E-state index contributed by atoms with van der Waals surface area (Å²) in [4.78, 5) is 27.5. The summed E-state index contributed by atoms with van der Waals surface area (Å²) in [6.07, 6.45) is 9.47. The van der Waals surface area contributed by atoms with Crippen molar-refractivity contribution >= 4 is 27.0 Å².